The number of rotatable bonds is 10. The summed E-state index contributed by atoms with van der Waals surface area (Å²) in [4.78, 5) is 47.5. The Hall–Kier alpha value is -3.30. The minimum atomic E-state index is -0.356. The monoisotopic (exact) mass is 499 g/mol. The summed E-state index contributed by atoms with van der Waals surface area (Å²) in [5.74, 6) is -0.588. The van der Waals surface area contributed by atoms with Crippen molar-refractivity contribution in [2.24, 2.45) is 5.92 Å². The van der Waals surface area contributed by atoms with Crippen LogP contribution in [0, 0.1) is 5.92 Å². The van der Waals surface area contributed by atoms with Crippen molar-refractivity contribution in [1.29, 1.82) is 0 Å². The summed E-state index contributed by atoms with van der Waals surface area (Å²) < 4.78 is 0. The number of benzene rings is 1. The predicted octanol–water partition coefficient (Wildman–Crippen LogP) is 3.79. The minimum Gasteiger partial charge on any atom is -0.352 e. The van der Waals surface area contributed by atoms with Gasteiger partial charge in [0.05, 0.1) is 12.1 Å². The molecule has 0 aliphatic rings. The number of amides is 3. The van der Waals surface area contributed by atoms with Crippen LogP contribution in [-0.4, -0.2) is 45.7 Å². The average Bonchev–Trinajstić information content (AvgIpc) is 3.24. The Balaban J connectivity index is 1.54. The van der Waals surface area contributed by atoms with Crippen LogP contribution in [0.1, 0.15) is 35.5 Å². The molecule has 3 rings (SSSR count). The molecule has 0 atom stereocenters. The Labute approximate surface area is 207 Å². The number of thiazole rings is 1. The van der Waals surface area contributed by atoms with Gasteiger partial charge in [-0.2, -0.15) is 0 Å². The van der Waals surface area contributed by atoms with Crippen LogP contribution in [-0.2, 0) is 22.6 Å². The highest BCUT2D eigenvalue weighted by Crippen LogP contribution is 2.17. The second kappa shape index (κ2) is 12.2. The van der Waals surface area contributed by atoms with Crippen LogP contribution in [0.3, 0.4) is 0 Å². The Morgan fingerprint density at radius 1 is 1.06 bits per heavy atom. The fourth-order valence-electron chi connectivity index (χ4n) is 3.14. The van der Waals surface area contributed by atoms with Gasteiger partial charge in [-0.3, -0.25) is 19.4 Å². The molecule has 0 aliphatic carbocycles. The van der Waals surface area contributed by atoms with E-state index in [9.17, 15) is 14.4 Å². The van der Waals surface area contributed by atoms with Crippen LogP contribution >= 0.6 is 22.9 Å². The van der Waals surface area contributed by atoms with Gasteiger partial charge in [0.1, 0.15) is 6.54 Å². The number of aromatic nitrogens is 2. The number of anilines is 1. The van der Waals surface area contributed by atoms with Crippen LogP contribution in [0.4, 0.5) is 5.13 Å². The standard InChI is InChI=1S/C24H26ClN5O3S/c1-16(2)13-30(23(33)18-3-5-19(25)6-4-18)14-22(32)29-24-28-20(15-34-24)11-21(31)27-12-17-7-9-26-10-8-17/h3-10,15-16H,11-14H2,1-2H3,(H,27,31)(H,28,29,32). The van der Waals surface area contributed by atoms with Crippen molar-refractivity contribution in [3.05, 3.63) is 76.0 Å². The molecule has 2 N–H and O–H groups in total. The average molecular weight is 500 g/mol. The van der Waals surface area contributed by atoms with E-state index in [0.717, 1.165) is 5.56 Å². The topological polar surface area (TPSA) is 104 Å². The van der Waals surface area contributed by atoms with Gasteiger partial charge in [-0.05, 0) is 47.9 Å². The number of pyridine rings is 1. The van der Waals surface area contributed by atoms with Crippen LogP contribution in [0.15, 0.2) is 54.2 Å². The smallest absolute Gasteiger partial charge is 0.254 e. The summed E-state index contributed by atoms with van der Waals surface area (Å²) in [6.07, 6.45) is 3.44. The molecule has 8 nitrogen and oxygen atoms in total. The van der Waals surface area contributed by atoms with Gasteiger partial charge in [0.25, 0.3) is 5.91 Å². The maximum atomic E-state index is 12.9. The zero-order chi connectivity index (χ0) is 24.5. The van der Waals surface area contributed by atoms with E-state index in [2.05, 4.69) is 20.6 Å². The molecule has 0 saturated carbocycles. The van der Waals surface area contributed by atoms with Gasteiger partial charge < -0.3 is 15.5 Å². The molecule has 10 heteroatoms. The van der Waals surface area contributed by atoms with E-state index in [-0.39, 0.29) is 36.6 Å². The number of carbonyl (C=O) groups is 3. The van der Waals surface area contributed by atoms with E-state index in [1.54, 1.807) is 42.0 Å². The van der Waals surface area contributed by atoms with Crippen molar-refractivity contribution >= 4 is 45.8 Å². The largest absolute Gasteiger partial charge is 0.352 e. The third-order valence-electron chi connectivity index (χ3n) is 4.68. The second-order valence-electron chi connectivity index (χ2n) is 8.09. The van der Waals surface area contributed by atoms with Crippen molar-refractivity contribution in [3.63, 3.8) is 0 Å². The first-order chi connectivity index (χ1) is 16.3. The van der Waals surface area contributed by atoms with E-state index < -0.39 is 0 Å². The summed E-state index contributed by atoms with van der Waals surface area (Å²) >= 11 is 7.14. The Morgan fingerprint density at radius 2 is 1.76 bits per heavy atom. The molecule has 0 aliphatic heterocycles. The van der Waals surface area contributed by atoms with E-state index in [1.165, 1.54) is 16.2 Å². The molecule has 0 saturated heterocycles. The molecule has 1 aromatic carbocycles. The molecule has 34 heavy (non-hydrogen) atoms. The third-order valence-corrected chi connectivity index (χ3v) is 5.74. The third kappa shape index (κ3) is 7.93. The summed E-state index contributed by atoms with van der Waals surface area (Å²) in [6.45, 7) is 4.68. The number of nitrogens with zero attached hydrogens (tertiary/aromatic N) is 3. The Kier molecular flexibility index (Phi) is 9.12. The van der Waals surface area contributed by atoms with Crippen molar-refractivity contribution in [2.75, 3.05) is 18.4 Å². The highest BCUT2D eigenvalue weighted by Gasteiger charge is 2.20. The fourth-order valence-corrected chi connectivity index (χ4v) is 3.99. The van der Waals surface area contributed by atoms with Crippen LogP contribution in [0.2, 0.25) is 5.02 Å². The number of carbonyl (C=O) groups excluding carboxylic acids is 3. The molecule has 0 bridgehead atoms. The van der Waals surface area contributed by atoms with Crippen LogP contribution in [0.5, 0.6) is 0 Å². The molecule has 0 spiro atoms. The Bertz CT molecular complexity index is 1120. The fraction of sp³-hybridized carbons (Fsp3) is 0.292. The summed E-state index contributed by atoms with van der Waals surface area (Å²) in [5, 5.41) is 8.20. The van der Waals surface area contributed by atoms with Gasteiger partial charge in [0.15, 0.2) is 5.13 Å². The van der Waals surface area contributed by atoms with Gasteiger partial charge in [0.2, 0.25) is 11.8 Å². The lowest BCUT2D eigenvalue weighted by atomic mass is 10.1. The molecule has 2 aromatic heterocycles. The summed E-state index contributed by atoms with van der Waals surface area (Å²) in [5.41, 5.74) is 1.98. The molecule has 0 unspecified atom stereocenters. The first-order valence-electron chi connectivity index (χ1n) is 10.7. The normalized spacial score (nSPS) is 10.7. The highest BCUT2D eigenvalue weighted by atomic mass is 35.5. The SMILES string of the molecule is CC(C)CN(CC(=O)Nc1nc(CC(=O)NCc2ccncc2)cs1)C(=O)c1ccc(Cl)cc1. The Morgan fingerprint density at radius 3 is 2.44 bits per heavy atom. The quantitative estimate of drug-likeness (QED) is 0.441. The first kappa shape index (κ1) is 25.3. The van der Waals surface area contributed by atoms with Crippen LogP contribution in [0.25, 0.3) is 0 Å². The molecule has 3 amide bonds. The minimum absolute atomic E-state index is 0.103. The molecule has 0 radical (unpaired) electrons. The predicted molar refractivity (Wildman–Crippen MR) is 133 cm³/mol. The number of halogens is 1. The van der Waals surface area contributed by atoms with E-state index in [1.807, 2.05) is 26.0 Å². The molecular weight excluding hydrogens is 474 g/mol. The maximum absolute atomic E-state index is 12.9. The number of hydrogen-bond donors (Lipinski definition) is 2. The van der Waals surface area contributed by atoms with Gasteiger partial charge in [-0.1, -0.05) is 25.4 Å². The molecule has 0 fully saturated rings. The number of nitrogens with one attached hydrogen (secondary N) is 2. The van der Waals surface area contributed by atoms with Gasteiger partial charge in [-0.25, -0.2) is 4.98 Å². The molecule has 178 valence electrons. The van der Waals surface area contributed by atoms with Crippen molar-refractivity contribution < 1.29 is 14.4 Å². The highest BCUT2D eigenvalue weighted by molar-refractivity contribution is 7.13. The lowest BCUT2D eigenvalue weighted by Gasteiger charge is -2.24. The first-order valence-corrected chi connectivity index (χ1v) is 12.0. The molecular formula is C24H26ClN5O3S. The van der Waals surface area contributed by atoms with E-state index in [0.29, 0.717) is 34.5 Å². The van der Waals surface area contributed by atoms with Crippen molar-refractivity contribution in [3.8, 4) is 0 Å². The zero-order valence-corrected chi connectivity index (χ0v) is 20.5. The van der Waals surface area contributed by atoms with Gasteiger partial charge >= 0.3 is 0 Å². The molecule has 2 heterocycles. The zero-order valence-electron chi connectivity index (χ0n) is 19.0. The summed E-state index contributed by atoms with van der Waals surface area (Å²) in [7, 11) is 0. The van der Waals surface area contributed by atoms with Gasteiger partial charge in [0, 0.05) is 41.4 Å². The van der Waals surface area contributed by atoms with E-state index in [4.69, 9.17) is 11.6 Å². The lowest BCUT2D eigenvalue weighted by molar-refractivity contribution is -0.120. The lowest BCUT2D eigenvalue weighted by Crippen LogP contribution is -2.40. The van der Waals surface area contributed by atoms with Crippen molar-refractivity contribution in [2.45, 2.75) is 26.8 Å². The second-order valence-corrected chi connectivity index (χ2v) is 9.38. The van der Waals surface area contributed by atoms with Gasteiger partial charge in [-0.15, -0.1) is 11.3 Å². The van der Waals surface area contributed by atoms with Crippen LogP contribution < -0.4 is 10.6 Å². The van der Waals surface area contributed by atoms with Crippen molar-refractivity contribution in [1.82, 2.24) is 20.2 Å². The summed E-state index contributed by atoms with van der Waals surface area (Å²) in [6, 6.07) is 10.2. The maximum Gasteiger partial charge on any atom is 0.254 e. The number of hydrogen-bond acceptors (Lipinski definition) is 6. The molecule has 3 aromatic rings. The van der Waals surface area contributed by atoms with E-state index >= 15 is 0 Å².